The number of benzene rings is 1. The Labute approximate surface area is 127 Å². The molecule has 2 aromatic rings. The van der Waals surface area contributed by atoms with Gasteiger partial charge in [-0.1, -0.05) is 17.9 Å². The molecule has 21 heavy (non-hydrogen) atoms. The van der Waals surface area contributed by atoms with Gasteiger partial charge in [-0.25, -0.2) is 4.98 Å². The van der Waals surface area contributed by atoms with E-state index in [1.54, 1.807) is 18.3 Å². The van der Waals surface area contributed by atoms with E-state index in [4.69, 9.17) is 5.11 Å². The van der Waals surface area contributed by atoms with Gasteiger partial charge in [0, 0.05) is 22.7 Å². The Bertz CT molecular complexity index is 684. The smallest absolute Gasteiger partial charge is 0.251 e. The number of amides is 1. The Morgan fingerprint density at radius 2 is 2.33 bits per heavy atom. The summed E-state index contributed by atoms with van der Waals surface area (Å²) in [5.41, 5.74) is 2.27. The summed E-state index contributed by atoms with van der Waals surface area (Å²) in [6.45, 7) is 3.62. The molecule has 0 saturated heterocycles. The number of carbonyl (C=O) groups excluding carboxylic acids is 1. The van der Waals surface area contributed by atoms with Crippen LogP contribution in [0.1, 0.15) is 39.5 Å². The lowest BCUT2D eigenvalue weighted by Crippen LogP contribution is -2.26. The largest absolute Gasteiger partial charge is 0.384 e. The maximum atomic E-state index is 12.3. The molecule has 5 heteroatoms. The second-order valence-electron chi connectivity index (χ2n) is 4.56. The van der Waals surface area contributed by atoms with Gasteiger partial charge in [-0.3, -0.25) is 4.79 Å². The van der Waals surface area contributed by atoms with Gasteiger partial charge >= 0.3 is 0 Å². The number of aliphatic hydroxyl groups is 1. The second kappa shape index (κ2) is 7.02. The highest BCUT2D eigenvalue weighted by Gasteiger charge is 2.13. The molecule has 108 valence electrons. The van der Waals surface area contributed by atoms with Gasteiger partial charge in [0.25, 0.3) is 5.91 Å². The first-order valence-electron chi connectivity index (χ1n) is 6.52. The fourth-order valence-electron chi connectivity index (χ4n) is 1.82. The minimum absolute atomic E-state index is 0.134. The fourth-order valence-corrected chi connectivity index (χ4v) is 2.47. The van der Waals surface area contributed by atoms with Gasteiger partial charge < -0.3 is 10.4 Å². The van der Waals surface area contributed by atoms with Crippen LogP contribution in [0, 0.1) is 18.8 Å². The van der Waals surface area contributed by atoms with E-state index >= 15 is 0 Å². The molecule has 0 saturated carbocycles. The Balaban J connectivity index is 2.16. The highest BCUT2D eigenvalue weighted by atomic mass is 32.1. The van der Waals surface area contributed by atoms with E-state index in [-0.39, 0.29) is 18.6 Å². The molecule has 0 radical (unpaired) electrons. The van der Waals surface area contributed by atoms with Gasteiger partial charge in [0.1, 0.15) is 11.6 Å². The monoisotopic (exact) mass is 300 g/mol. The van der Waals surface area contributed by atoms with Gasteiger partial charge in [0.05, 0.1) is 6.04 Å². The highest BCUT2D eigenvalue weighted by molar-refractivity contribution is 7.09. The van der Waals surface area contributed by atoms with Crippen LogP contribution in [-0.4, -0.2) is 22.6 Å². The van der Waals surface area contributed by atoms with Gasteiger partial charge in [-0.05, 0) is 31.5 Å². The van der Waals surface area contributed by atoms with E-state index < -0.39 is 0 Å². The molecule has 0 spiro atoms. The van der Waals surface area contributed by atoms with Gasteiger partial charge in [0.2, 0.25) is 0 Å². The van der Waals surface area contributed by atoms with Crippen molar-refractivity contribution in [3.8, 4) is 11.8 Å². The third kappa shape index (κ3) is 3.91. The summed E-state index contributed by atoms with van der Waals surface area (Å²) in [5.74, 6) is 5.29. The zero-order chi connectivity index (χ0) is 15.2. The molecule has 2 N–H and O–H groups in total. The Kier molecular flexibility index (Phi) is 5.09. The van der Waals surface area contributed by atoms with Crippen molar-refractivity contribution >= 4 is 17.2 Å². The molecule has 4 nitrogen and oxygen atoms in total. The number of aliphatic hydroxyl groups excluding tert-OH is 1. The summed E-state index contributed by atoms with van der Waals surface area (Å²) in [7, 11) is 0. The van der Waals surface area contributed by atoms with E-state index in [0.29, 0.717) is 5.56 Å². The number of rotatable bonds is 3. The van der Waals surface area contributed by atoms with Crippen LogP contribution in [0.3, 0.4) is 0 Å². The SMILES string of the molecule is Cc1ccc(C(=O)NC(C)c2nccs2)cc1C#CCO. The maximum absolute atomic E-state index is 12.3. The first-order valence-corrected chi connectivity index (χ1v) is 7.40. The minimum Gasteiger partial charge on any atom is -0.384 e. The Morgan fingerprint density at radius 3 is 3.00 bits per heavy atom. The van der Waals surface area contributed by atoms with Crippen molar-refractivity contribution in [3.63, 3.8) is 0 Å². The van der Waals surface area contributed by atoms with Crippen LogP contribution in [0.2, 0.25) is 0 Å². The summed E-state index contributed by atoms with van der Waals surface area (Å²) >= 11 is 1.51. The van der Waals surface area contributed by atoms with Gasteiger partial charge in [0.15, 0.2) is 0 Å². The van der Waals surface area contributed by atoms with Crippen LogP contribution in [-0.2, 0) is 0 Å². The lowest BCUT2D eigenvalue weighted by Gasteiger charge is -2.12. The summed E-state index contributed by atoms with van der Waals surface area (Å²) in [6, 6.07) is 5.22. The number of aryl methyl sites for hydroxylation is 1. The Hall–Kier alpha value is -2.16. The number of nitrogens with zero attached hydrogens (tertiary/aromatic N) is 1. The molecule has 0 fully saturated rings. The lowest BCUT2D eigenvalue weighted by molar-refractivity contribution is 0.0940. The van der Waals surface area contributed by atoms with Crippen LogP contribution < -0.4 is 5.32 Å². The predicted molar refractivity (Wildman–Crippen MR) is 83.1 cm³/mol. The van der Waals surface area contributed by atoms with Gasteiger partial charge in [-0.2, -0.15) is 0 Å². The van der Waals surface area contributed by atoms with Crippen molar-refractivity contribution in [2.45, 2.75) is 19.9 Å². The number of hydrogen-bond acceptors (Lipinski definition) is 4. The zero-order valence-corrected chi connectivity index (χ0v) is 12.7. The standard InChI is InChI=1S/C16H16N2O2S/c1-11-5-6-14(10-13(11)4-3-8-19)15(20)18-12(2)16-17-7-9-21-16/h5-7,9-10,12,19H,8H2,1-2H3,(H,18,20). The van der Waals surface area contributed by atoms with Crippen molar-refractivity contribution in [3.05, 3.63) is 51.5 Å². The van der Waals surface area contributed by atoms with Crippen LogP contribution in [0.15, 0.2) is 29.8 Å². The lowest BCUT2D eigenvalue weighted by atomic mass is 10.0. The molecule has 0 aliphatic rings. The van der Waals surface area contributed by atoms with Crippen LogP contribution in [0.4, 0.5) is 0 Å². The van der Waals surface area contributed by atoms with E-state index in [9.17, 15) is 4.79 Å². The van der Waals surface area contributed by atoms with Crippen molar-refractivity contribution in [1.29, 1.82) is 0 Å². The van der Waals surface area contributed by atoms with Crippen LogP contribution in [0.25, 0.3) is 0 Å². The zero-order valence-electron chi connectivity index (χ0n) is 11.9. The van der Waals surface area contributed by atoms with Crippen LogP contribution in [0.5, 0.6) is 0 Å². The normalized spacial score (nSPS) is 11.4. The van der Waals surface area contributed by atoms with Crippen LogP contribution >= 0.6 is 11.3 Å². The molecule has 1 atom stereocenters. The molecule has 1 heterocycles. The molecule has 1 aromatic carbocycles. The number of hydrogen-bond donors (Lipinski definition) is 2. The molecular weight excluding hydrogens is 284 g/mol. The molecule has 2 rings (SSSR count). The molecule has 1 amide bonds. The third-order valence-corrected chi connectivity index (χ3v) is 3.93. The first-order chi connectivity index (χ1) is 10.1. The summed E-state index contributed by atoms with van der Waals surface area (Å²) in [5, 5.41) is 14.4. The summed E-state index contributed by atoms with van der Waals surface area (Å²) in [6.07, 6.45) is 1.72. The van der Waals surface area contributed by atoms with Crippen molar-refractivity contribution in [2.24, 2.45) is 0 Å². The average Bonchev–Trinajstić information content (AvgIpc) is 3.00. The fraction of sp³-hybridized carbons (Fsp3) is 0.250. The van der Waals surface area contributed by atoms with Crippen molar-refractivity contribution in [1.82, 2.24) is 10.3 Å². The number of aromatic nitrogens is 1. The molecule has 1 aromatic heterocycles. The highest BCUT2D eigenvalue weighted by Crippen LogP contribution is 2.16. The first kappa shape index (κ1) is 15.2. The summed E-state index contributed by atoms with van der Waals surface area (Å²) < 4.78 is 0. The van der Waals surface area contributed by atoms with E-state index in [2.05, 4.69) is 22.1 Å². The van der Waals surface area contributed by atoms with Crippen molar-refractivity contribution in [2.75, 3.05) is 6.61 Å². The van der Waals surface area contributed by atoms with E-state index in [1.807, 2.05) is 25.3 Å². The van der Waals surface area contributed by atoms with Crippen molar-refractivity contribution < 1.29 is 9.90 Å². The number of thiazole rings is 1. The maximum Gasteiger partial charge on any atom is 0.251 e. The number of nitrogens with one attached hydrogen (secondary N) is 1. The Morgan fingerprint density at radius 1 is 1.52 bits per heavy atom. The molecular formula is C16H16N2O2S. The van der Waals surface area contributed by atoms with E-state index in [1.165, 1.54) is 11.3 Å². The summed E-state index contributed by atoms with van der Waals surface area (Å²) in [4.78, 5) is 16.4. The average molecular weight is 300 g/mol. The van der Waals surface area contributed by atoms with E-state index in [0.717, 1.165) is 16.1 Å². The molecule has 0 bridgehead atoms. The number of carbonyl (C=O) groups is 1. The third-order valence-electron chi connectivity index (χ3n) is 2.97. The van der Waals surface area contributed by atoms with Gasteiger partial charge in [-0.15, -0.1) is 11.3 Å². The minimum atomic E-state index is -0.197. The second-order valence-corrected chi connectivity index (χ2v) is 5.48. The quantitative estimate of drug-likeness (QED) is 0.855. The predicted octanol–water partition coefficient (Wildman–Crippen LogP) is 2.29. The molecule has 1 unspecified atom stereocenters. The molecule has 0 aliphatic carbocycles. The topological polar surface area (TPSA) is 62.2 Å². The molecule has 0 aliphatic heterocycles.